The van der Waals surface area contributed by atoms with E-state index in [0.717, 1.165) is 11.3 Å². The molecule has 0 radical (unpaired) electrons. The third kappa shape index (κ3) is 9.00. The molecule has 1 aromatic rings. The molecular formula is C16H26ClN3O3S. The molecule has 24 heavy (non-hydrogen) atoms. The van der Waals surface area contributed by atoms with E-state index in [1.807, 2.05) is 25.3 Å². The zero-order valence-electron chi connectivity index (χ0n) is 14.0. The van der Waals surface area contributed by atoms with Crippen molar-refractivity contribution in [1.82, 2.24) is 10.6 Å². The first-order chi connectivity index (χ1) is 11.1. The number of carbonyl (C=O) groups excluding carboxylic acids is 2. The van der Waals surface area contributed by atoms with Crippen LogP contribution in [0.15, 0.2) is 24.3 Å². The normalized spacial score (nSPS) is 11.1. The van der Waals surface area contributed by atoms with Crippen molar-refractivity contribution >= 4 is 36.0 Å². The molecule has 0 fully saturated rings. The fourth-order valence-electron chi connectivity index (χ4n) is 1.84. The number of rotatable bonds is 10. The Kier molecular flexibility index (Phi) is 12.1. The van der Waals surface area contributed by atoms with Crippen LogP contribution in [0, 0.1) is 0 Å². The molecule has 0 spiro atoms. The maximum Gasteiger partial charge on any atom is 0.257 e. The quantitative estimate of drug-likeness (QED) is 0.573. The van der Waals surface area contributed by atoms with Crippen LogP contribution in [0.25, 0.3) is 0 Å². The molecular weight excluding hydrogens is 350 g/mol. The van der Waals surface area contributed by atoms with Crippen LogP contribution in [0.2, 0.25) is 0 Å². The van der Waals surface area contributed by atoms with Crippen molar-refractivity contribution in [3.63, 3.8) is 0 Å². The number of nitrogens with one attached hydrogen (secondary N) is 2. The Morgan fingerprint density at radius 3 is 2.75 bits per heavy atom. The second-order valence-corrected chi connectivity index (χ2v) is 5.98. The molecule has 0 heterocycles. The summed E-state index contributed by atoms with van der Waals surface area (Å²) in [6.45, 7) is 2.78. The molecule has 0 unspecified atom stereocenters. The van der Waals surface area contributed by atoms with E-state index in [1.165, 1.54) is 0 Å². The first-order valence-corrected chi connectivity index (χ1v) is 8.96. The van der Waals surface area contributed by atoms with Gasteiger partial charge in [-0.2, -0.15) is 11.8 Å². The van der Waals surface area contributed by atoms with Crippen molar-refractivity contribution in [2.45, 2.75) is 25.9 Å². The Bertz CT molecular complexity index is 517. The third-order valence-corrected chi connectivity index (χ3v) is 3.72. The monoisotopic (exact) mass is 375 g/mol. The first-order valence-electron chi connectivity index (χ1n) is 7.57. The topological polar surface area (TPSA) is 93.5 Å². The lowest BCUT2D eigenvalue weighted by Gasteiger charge is -2.12. The predicted octanol–water partition coefficient (Wildman–Crippen LogP) is 1.32. The Hall–Kier alpha value is -1.44. The molecule has 0 bridgehead atoms. The van der Waals surface area contributed by atoms with Crippen LogP contribution in [0.3, 0.4) is 0 Å². The van der Waals surface area contributed by atoms with Gasteiger partial charge in [0.25, 0.3) is 5.91 Å². The number of likely N-dealkylation sites (N-methyl/N-ethyl adjacent to an activating group) is 1. The minimum absolute atomic E-state index is 0. The van der Waals surface area contributed by atoms with Crippen molar-refractivity contribution in [1.29, 1.82) is 0 Å². The number of hydrogen-bond donors (Lipinski definition) is 3. The van der Waals surface area contributed by atoms with Crippen molar-refractivity contribution in [2.75, 3.05) is 25.2 Å². The molecule has 0 aliphatic rings. The summed E-state index contributed by atoms with van der Waals surface area (Å²) in [5, 5.41) is 5.48. The fourth-order valence-corrected chi connectivity index (χ4v) is 2.33. The van der Waals surface area contributed by atoms with Crippen molar-refractivity contribution < 1.29 is 14.3 Å². The van der Waals surface area contributed by atoms with E-state index in [1.54, 1.807) is 23.9 Å². The van der Waals surface area contributed by atoms with E-state index >= 15 is 0 Å². The molecule has 1 rings (SSSR count). The average molecular weight is 376 g/mol. The van der Waals surface area contributed by atoms with Gasteiger partial charge in [0, 0.05) is 13.1 Å². The van der Waals surface area contributed by atoms with Crippen LogP contribution in [-0.2, 0) is 16.1 Å². The number of thioether (sulfide) groups is 1. The summed E-state index contributed by atoms with van der Waals surface area (Å²) in [4.78, 5) is 23.2. The predicted molar refractivity (Wildman–Crippen MR) is 101 cm³/mol. The Morgan fingerprint density at radius 1 is 1.33 bits per heavy atom. The number of ether oxygens (including phenoxy) is 1. The van der Waals surface area contributed by atoms with Gasteiger partial charge in [-0.15, -0.1) is 12.4 Å². The Labute approximate surface area is 153 Å². The highest BCUT2D eigenvalue weighted by atomic mass is 35.5. The van der Waals surface area contributed by atoms with Crippen LogP contribution in [0.5, 0.6) is 5.75 Å². The molecule has 0 saturated heterocycles. The Balaban J connectivity index is 0.00000529. The molecule has 6 nitrogen and oxygen atoms in total. The van der Waals surface area contributed by atoms with E-state index in [2.05, 4.69) is 10.6 Å². The third-order valence-electron chi connectivity index (χ3n) is 3.08. The number of carbonyl (C=O) groups is 2. The molecule has 136 valence electrons. The number of benzene rings is 1. The average Bonchev–Trinajstić information content (AvgIpc) is 2.56. The highest BCUT2D eigenvalue weighted by Crippen LogP contribution is 2.13. The summed E-state index contributed by atoms with van der Waals surface area (Å²) in [6, 6.07) is 6.79. The lowest BCUT2D eigenvalue weighted by atomic mass is 10.2. The van der Waals surface area contributed by atoms with E-state index in [0.29, 0.717) is 25.3 Å². The maximum absolute atomic E-state index is 11.9. The maximum atomic E-state index is 11.9. The number of halogens is 1. The van der Waals surface area contributed by atoms with Gasteiger partial charge in [0.05, 0.1) is 6.04 Å². The molecule has 8 heteroatoms. The Morgan fingerprint density at radius 2 is 2.08 bits per heavy atom. The van der Waals surface area contributed by atoms with Crippen LogP contribution in [0.4, 0.5) is 0 Å². The van der Waals surface area contributed by atoms with Crippen molar-refractivity contribution in [3.8, 4) is 5.75 Å². The van der Waals surface area contributed by atoms with Gasteiger partial charge in [0.2, 0.25) is 5.91 Å². The standard InChI is InChI=1S/C16H25N3O3S.ClH/c1-3-18-15(20)11-22-13-6-4-5-12(9-13)10-19-16(21)14(17)7-8-23-2;/h4-6,9,14H,3,7-8,10-11,17H2,1-2H3,(H,18,20)(H,19,21);1H/t14-;/m0./s1. The minimum Gasteiger partial charge on any atom is -0.484 e. The lowest BCUT2D eigenvalue weighted by molar-refractivity contribution is -0.123. The number of hydrogen-bond acceptors (Lipinski definition) is 5. The van der Waals surface area contributed by atoms with E-state index < -0.39 is 6.04 Å². The smallest absolute Gasteiger partial charge is 0.257 e. The number of nitrogens with two attached hydrogens (primary N) is 1. The second-order valence-electron chi connectivity index (χ2n) is 5.00. The van der Waals surface area contributed by atoms with E-state index in [9.17, 15) is 9.59 Å². The van der Waals surface area contributed by atoms with Crippen LogP contribution < -0.4 is 21.1 Å². The highest BCUT2D eigenvalue weighted by Gasteiger charge is 2.12. The summed E-state index contributed by atoms with van der Waals surface area (Å²) < 4.78 is 5.42. The molecule has 1 atom stereocenters. The zero-order chi connectivity index (χ0) is 17.1. The molecule has 1 aromatic carbocycles. The molecule has 0 saturated carbocycles. The van der Waals surface area contributed by atoms with Crippen molar-refractivity contribution in [2.24, 2.45) is 5.73 Å². The number of amides is 2. The summed E-state index contributed by atoms with van der Waals surface area (Å²) in [5.41, 5.74) is 6.70. The summed E-state index contributed by atoms with van der Waals surface area (Å²) in [6.07, 6.45) is 2.64. The molecule has 0 aliphatic heterocycles. The molecule has 4 N–H and O–H groups in total. The van der Waals surface area contributed by atoms with Gasteiger partial charge in [-0.25, -0.2) is 0 Å². The summed E-state index contributed by atoms with van der Waals surface area (Å²) in [5.74, 6) is 1.13. The van der Waals surface area contributed by atoms with Gasteiger partial charge in [-0.1, -0.05) is 12.1 Å². The van der Waals surface area contributed by atoms with Gasteiger partial charge in [0.15, 0.2) is 6.61 Å². The van der Waals surface area contributed by atoms with Gasteiger partial charge >= 0.3 is 0 Å². The fraction of sp³-hybridized carbons (Fsp3) is 0.500. The molecule has 0 aromatic heterocycles. The van der Waals surface area contributed by atoms with Crippen LogP contribution in [0.1, 0.15) is 18.9 Å². The van der Waals surface area contributed by atoms with Gasteiger partial charge < -0.3 is 21.1 Å². The van der Waals surface area contributed by atoms with Crippen LogP contribution in [-0.4, -0.2) is 43.0 Å². The zero-order valence-corrected chi connectivity index (χ0v) is 15.7. The SMILES string of the molecule is CCNC(=O)COc1cccc(CNC(=O)[C@@H](N)CCSC)c1.Cl. The van der Waals surface area contributed by atoms with Gasteiger partial charge in [-0.3, -0.25) is 9.59 Å². The van der Waals surface area contributed by atoms with Crippen LogP contribution >= 0.6 is 24.2 Å². The second kappa shape index (κ2) is 12.9. The highest BCUT2D eigenvalue weighted by molar-refractivity contribution is 7.98. The van der Waals surface area contributed by atoms with Crippen molar-refractivity contribution in [3.05, 3.63) is 29.8 Å². The first kappa shape index (κ1) is 22.6. The summed E-state index contributed by atoms with van der Waals surface area (Å²) in [7, 11) is 0. The largest absolute Gasteiger partial charge is 0.484 e. The molecule has 2 amide bonds. The van der Waals surface area contributed by atoms with E-state index in [-0.39, 0.29) is 30.8 Å². The van der Waals surface area contributed by atoms with Gasteiger partial charge in [-0.05, 0) is 43.0 Å². The summed E-state index contributed by atoms with van der Waals surface area (Å²) >= 11 is 1.67. The van der Waals surface area contributed by atoms with Gasteiger partial charge in [0.1, 0.15) is 5.75 Å². The minimum atomic E-state index is -0.486. The van der Waals surface area contributed by atoms with E-state index in [4.69, 9.17) is 10.5 Å². The molecule has 0 aliphatic carbocycles. The lowest BCUT2D eigenvalue weighted by Crippen LogP contribution is -2.40.